The fourth-order valence-corrected chi connectivity index (χ4v) is 4.27. The van der Waals surface area contributed by atoms with Crippen molar-refractivity contribution in [3.05, 3.63) is 78.4 Å². The topological polar surface area (TPSA) is 93.7 Å². The van der Waals surface area contributed by atoms with Crippen molar-refractivity contribution in [3.8, 4) is 17.2 Å². The molecule has 2 N–H and O–H groups in total. The molecule has 0 bridgehead atoms. The maximum atomic E-state index is 12.5. The van der Waals surface area contributed by atoms with Crippen molar-refractivity contribution in [3.63, 3.8) is 0 Å². The zero-order valence-electron chi connectivity index (χ0n) is 18.2. The van der Waals surface area contributed by atoms with Crippen molar-refractivity contribution in [1.82, 2.24) is 4.72 Å². The number of nitrogens with one attached hydrogen (secondary N) is 2. The molecule has 0 unspecified atom stereocenters. The first kappa shape index (κ1) is 23.3. The quantitative estimate of drug-likeness (QED) is 0.497. The van der Waals surface area contributed by atoms with Gasteiger partial charge in [-0.15, -0.1) is 0 Å². The minimum atomic E-state index is -3.60. The Labute approximate surface area is 188 Å². The van der Waals surface area contributed by atoms with Gasteiger partial charge in [0.05, 0.1) is 10.6 Å². The van der Waals surface area contributed by atoms with Crippen LogP contribution < -0.4 is 19.5 Å². The normalized spacial score (nSPS) is 11.2. The van der Waals surface area contributed by atoms with E-state index in [-0.39, 0.29) is 23.5 Å². The van der Waals surface area contributed by atoms with E-state index in [4.69, 9.17) is 9.47 Å². The minimum Gasteiger partial charge on any atom is -0.483 e. The third-order valence-corrected chi connectivity index (χ3v) is 5.99. The van der Waals surface area contributed by atoms with E-state index < -0.39 is 10.0 Å². The van der Waals surface area contributed by atoms with Gasteiger partial charge in [0.15, 0.2) is 12.4 Å². The summed E-state index contributed by atoms with van der Waals surface area (Å²) in [4.78, 5) is 12.6. The molecule has 0 atom stereocenters. The number of benzene rings is 3. The molecule has 0 fully saturated rings. The molecule has 0 aliphatic heterocycles. The molecule has 7 nitrogen and oxygen atoms in total. The maximum Gasteiger partial charge on any atom is 0.262 e. The molecule has 3 aromatic carbocycles. The average molecular weight is 455 g/mol. The maximum absolute atomic E-state index is 12.5. The third-order valence-electron chi connectivity index (χ3n) is 4.34. The first-order valence-corrected chi connectivity index (χ1v) is 11.6. The Bertz CT molecular complexity index is 1180. The summed E-state index contributed by atoms with van der Waals surface area (Å²) in [5.41, 5.74) is 1.13. The molecule has 0 heterocycles. The van der Waals surface area contributed by atoms with E-state index in [1.54, 1.807) is 45.0 Å². The Hall–Kier alpha value is -3.36. The van der Waals surface area contributed by atoms with Crippen molar-refractivity contribution in [2.45, 2.75) is 31.7 Å². The van der Waals surface area contributed by atoms with Crippen LogP contribution in [-0.2, 0) is 14.8 Å². The summed E-state index contributed by atoms with van der Waals surface area (Å²) in [6, 6.07) is 20.7. The van der Waals surface area contributed by atoms with E-state index in [1.807, 2.05) is 36.4 Å². The number of amides is 1. The summed E-state index contributed by atoms with van der Waals surface area (Å²) < 4.78 is 38.6. The van der Waals surface area contributed by atoms with Crippen LogP contribution in [0.25, 0.3) is 0 Å². The molecule has 32 heavy (non-hydrogen) atoms. The van der Waals surface area contributed by atoms with E-state index >= 15 is 0 Å². The molecule has 0 saturated carbocycles. The fourth-order valence-electron chi connectivity index (χ4n) is 2.93. The first-order valence-electron chi connectivity index (χ1n) is 10.1. The number of hydrogen-bond donors (Lipinski definition) is 2. The molecule has 0 radical (unpaired) electrons. The van der Waals surface area contributed by atoms with Crippen LogP contribution in [0, 0.1) is 6.92 Å². The van der Waals surface area contributed by atoms with Crippen LogP contribution in [0.5, 0.6) is 17.2 Å². The Kier molecular flexibility index (Phi) is 7.50. The number of anilines is 1. The summed E-state index contributed by atoms with van der Waals surface area (Å²) >= 11 is 0. The van der Waals surface area contributed by atoms with Gasteiger partial charge in [0.1, 0.15) is 11.5 Å². The number of para-hydroxylation sites is 3. The van der Waals surface area contributed by atoms with Gasteiger partial charge >= 0.3 is 0 Å². The van der Waals surface area contributed by atoms with Gasteiger partial charge in [-0.1, -0.05) is 30.3 Å². The second kappa shape index (κ2) is 10.3. The number of hydrogen-bond acceptors (Lipinski definition) is 5. The molecule has 8 heteroatoms. The highest BCUT2D eigenvalue weighted by atomic mass is 32.2. The number of carbonyl (C=O) groups excluding carboxylic acids is 1. The van der Waals surface area contributed by atoms with Crippen molar-refractivity contribution in [1.29, 1.82) is 0 Å². The summed E-state index contributed by atoms with van der Waals surface area (Å²) in [5, 5.41) is 2.78. The molecule has 3 rings (SSSR count). The van der Waals surface area contributed by atoms with Crippen LogP contribution in [0.15, 0.2) is 77.7 Å². The second-order valence-electron chi connectivity index (χ2n) is 7.45. The molecular formula is C24H26N2O5S. The Morgan fingerprint density at radius 1 is 0.938 bits per heavy atom. The van der Waals surface area contributed by atoms with Crippen molar-refractivity contribution >= 4 is 21.6 Å². The van der Waals surface area contributed by atoms with Crippen molar-refractivity contribution < 1.29 is 22.7 Å². The van der Waals surface area contributed by atoms with E-state index in [2.05, 4.69) is 10.0 Å². The van der Waals surface area contributed by atoms with E-state index in [9.17, 15) is 13.2 Å². The van der Waals surface area contributed by atoms with Crippen LogP contribution >= 0.6 is 0 Å². The number of carbonyl (C=O) groups is 1. The molecule has 0 aromatic heterocycles. The molecule has 168 valence electrons. The number of rotatable bonds is 9. The predicted octanol–water partition coefficient (Wildman–Crippen LogP) is 4.49. The third kappa shape index (κ3) is 6.32. The van der Waals surface area contributed by atoms with Gasteiger partial charge < -0.3 is 14.8 Å². The summed E-state index contributed by atoms with van der Waals surface area (Å²) in [6.45, 7) is 4.99. The second-order valence-corrected chi connectivity index (χ2v) is 9.17. The molecule has 0 aliphatic rings. The van der Waals surface area contributed by atoms with E-state index in [1.165, 1.54) is 12.1 Å². The lowest BCUT2D eigenvalue weighted by Gasteiger charge is -2.14. The van der Waals surface area contributed by atoms with E-state index in [0.717, 1.165) is 0 Å². The zero-order valence-corrected chi connectivity index (χ0v) is 19.0. The molecule has 0 saturated heterocycles. The summed E-state index contributed by atoms with van der Waals surface area (Å²) in [7, 11) is -3.60. The van der Waals surface area contributed by atoms with Gasteiger partial charge in [0.25, 0.3) is 5.91 Å². The minimum absolute atomic E-state index is 0.146. The molecule has 0 aliphatic carbocycles. The van der Waals surface area contributed by atoms with Crippen LogP contribution in [0.3, 0.4) is 0 Å². The number of aryl methyl sites for hydroxylation is 1. The Morgan fingerprint density at radius 2 is 1.62 bits per heavy atom. The van der Waals surface area contributed by atoms with Gasteiger partial charge in [-0.2, -0.15) is 0 Å². The largest absolute Gasteiger partial charge is 0.483 e. The number of ether oxygens (including phenoxy) is 2. The highest BCUT2D eigenvalue weighted by molar-refractivity contribution is 7.89. The summed E-state index contributed by atoms with van der Waals surface area (Å²) in [5.74, 6) is 1.22. The molecule has 1 amide bonds. The summed E-state index contributed by atoms with van der Waals surface area (Å²) in [6.07, 6.45) is 0. The van der Waals surface area contributed by atoms with Crippen LogP contribution in [0.1, 0.15) is 19.4 Å². The van der Waals surface area contributed by atoms with Crippen LogP contribution in [0.2, 0.25) is 0 Å². The lowest BCUT2D eigenvalue weighted by molar-refractivity contribution is -0.118. The van der Waals surface area contributed by atoms with Gasteiger partial charge in [-0.25, -0.2) is 13.1 Å². The Morgan fingerprint density at radius 3 is 2.31 bits per heavy atom. The first-order chi connectivity index (χ1) is 15.2. The van der Waals surface area contributed by atoms with Gasteiger partial charge in [0, 0.05) is 6.04 Å². The fraction of sp³-hybridized carbons (Fsp3) is 0.208. The monoisotopic (exact) mass is 454 g/mol. The Balaban J connectivity index is 1.63. The van der Waals surface area contributed by atoms with Crippen molar-refractivity contribution in [2.24, 2.45) is 0 Å². The van der Waals surface area contributed by atoms with Crippen LogP contribution in [-0.4, -0.2) is 27.0 Å². The van der Waals surface area contributed by atoms with Gasteiger partial charge in [-0.3, -0.25) is 4.79 Å². The highest BCUT2D eigenvalue weighted by Crippen LogP contribution is 2.29. The highest BCUT2D eigenvalue weighted by Gasteiger charge is 2.17. The lowest BCUT2D eigenvalue weighted by atomic mass is 10.2. The molecule has 0 spiro atoms. The SMILES string of the molecule is Cc1cc(S(=O)(=O)NC(C)C)ccc1OCC(=O)Nc1ccccc1Oc1ccccc1. The average Bonchev–Trinajstić information content (AvgIpc) is 2.74. The smallest absolute Gasteiger partial charge is 0.262 e. The number of sulfonamides is 1. The van der Waals surface area contributed by atoms with E-state index in [0.29, 0.717) is 28.5 Å². The van der Waals surface area contributed by atoms with Gasteiger partial charge in [-0.05, 0) is 68.8 Å². The zero-order chi connectivity index (χ0) is 23.1. The standard InChI is InChI=1S/C24H26N2O5S/c1-17(2)26-32(28,29)20-13-14-22(18(3)15-20)30-16-24(27)25-21-11-7-8-12-23(21)31-19-9-5-4-6-10-19/h4-15,17,26H,16H2,1-3H3,(H,25,27). The lowest BCUT2D eigenvalue weighted by Crippen LogP contribution is -2.30. The van der Waals surface area contributed by atoms with Gasteiger partial charge in [0.2, 0.25) is 10.0 Å². The molecule has 3 aromatic rings. The van der Waals surface area contributed by atoms with Crippen LogP contribution in [0.4, 0.5) is 5.69 Å². The molecular weight excluding hydrogens is 428 g/mol. The van der Waals surface area contributed by atoms with Crippen molar-refractivity contribution in [2.75, 3.05) is 11.9 Å². The predicted molar refractivity (Wildman–Crippen MR) is 124 cm³/mol.